The Balaban J connectivity index is 1.59. The lowest BCUT2D eigenvalue weighted by Crippen LogP contribution is -2.29. The van der Waals surface area contributed by atoms with Crippen LogP contribution in [0.25, 0.3) is 11.0 Å². The summed E-state index contributed by atoms with van der Waals surface area (Å²) >= 11 is 1.52. The van der Waals surface area contributed by atoms with Gasteiger partial charge in [0, 0.05) is 24.3 Å². The average molecular weight is 301 g/mol. The first-order valence-electron chi connectivity index (χ1n) is 6.62. The highest BCUT2D eigenvalue weighted by atomic mass is 32.1. The summed E-state index contributed by atoms with van der Waals surface area (Å²) in [5, 5.41) is 17.4. The van der Waals surface area contributed by atoms with E-state index in [0.717, 1.165) is 22.2 Å². The van der Waals surface area contributed by atoms with Crippen LogP contribution in [0.1, 0.15) is 17.2 Å². The van der Waals surface area contributed by atoms with E-state index in [1.165, 1.54) is 11.3 Å². The molecule has 5 nitrogen and oxygen atoms in total. The van der Waals surface area contributed by atoms with Crippen LogP contribution < -0.4 is 5.32 Å². The second-order valence-corrected chi connectivity index (χ2v) is 5.55. The zero-order valence-corrected chi connectivity index (χ0v) is 12.1. The first-order valence-corrected chi connectivity index (χ1v) is 7.56. The molecule has 0 aliphatic carbocycles. The van der Waals surface area contributed by atoms with Crippen molar-refractivity contribution in [2.24, 2.45) is 0 Å². The first kappa shape index (κ1) is 13.8. The monoisotopic (exact) mass is 301 g/mol. The zero-order chi connectivity index (χ0) is 14.7. The number of H-pyrrole nitrogens is 1. The molecule has 0 aliphatic heterocycles. The zero-order valence-electron chi connectivity index (χ0n) is 11.2. The van der Waals surface area contributed by atoms with Gasteiger partial charge in [-0.15, -0.1) is 0 Å². The van der Waals surface area contributed by atoms with E-state index < -0.39 is 6.10 Å². The third kappa shape index (κ3) is 3.12. The summed E-state index contributed by atoms with van der Waals surface area (Å²) in [7, 11) is 0. The minimum atomic E-state index is -0.662. The molecule has 3 rings (SSSR count). The second kappa shape index (κ2) is 6.07. The predicted molar refractivity (Wildman–Crippen MR) is 82.1 cm³/mol. The number of hydrogen-bond donors (Lipinski definition) is 3. The van der Waals surface area contributed by atoms with Crippen LogP contribution >= 0.6 is 11.3 Å². The molecule has 0 spiro atoms. The quantitative estimate of drug-likeness (QED) is 0.674. The molecule has 0 saturated carbocycles. The number of fused-ring (bicyclic) bond motifs is 1. The molecule has 0 radical (unpaired) electrons. The van der Waals surface area contributed by atoms with Gasteiger partial charge in [0.1, 0.15) is 5.65 Å². The van der Waals surface area contributed by atoms with Crippen LogP contribution in [-0.2, 0) is 11.2 Å². The van der Waals surface area contributed by atoms with Gasteiger partial charge in [0.05, 0.1) is 12.5 Å². The van der Waals surface area contributed by atoms with Gasteiger partial charge in [-0.3, -0.25) is 4.79 Å². The van der Waals surface area contributed by atoms with Crippen molar-refractivity contribution in [1.29, 1.82) is 0 Å². The number of carbonyl (C=O) groups excluding carboxylic acids is 1. The van der Waals surface area contributed by atoms with Crippen molar-refractivity contribution in [1.82, 2.24) is 15.3 Å². The Morgan fingerprint density at radius 2 is 2.38 bits per heavy atom. The molecule has 0 bridgehead atoms. The van der Waals surface area contributed by atoms with E-state index >= 15 is 0 Å². The van der Waals surface area contributed by atoms with Gasteiger partial charge in [0.2, 0.25) is 5.91 Å². The van der Waals surface area contributed by atoms with Crippen LogP contribution in [0.2, 0.25) is 0 Å². The summed E-state index contributed by atoms with van der Waals surface area (Å²) in [6.07, 6.45) is 3.11. The third-order valence-corrected chi connectivity index (χ3v) is 4.01. The molecular formula is C15H15N3O2S. The number of carbonyl (C=O) groups is 1. The highest BCUT2D eigenvalue weighted by Gasteiger charge is 2.12. The van der Waals surface area contributed by atoms with Crippen LogP contribution in [0.4, 0.5) is 0 Å². The van der Waals surface area contributed by atoms with Crippen molar-refractivity contribution in [2.45, 2.75) is 12.5 Å². The summed E-state index contributed by atoms with van der Waals surface area (Å²) in [5.74, 6) is -0.117. The van der Waals surface area contributed by atoms with E-state index in [2.05, 4.69) is 15.3 Å². The van der Waals surface area contributed by atoms with Gasteiger partial charge < -0.3 is 15.4 Å². The average Bonchev–Trinajstić information content (AvgIpc) is 3.15. The smallest absolute Gasteiger partial charge is 0.224 e. The summed E-state index contributed by atoms with van der Waals surface area (Å²) in [4.78, 5) is 19.2. The van der Waals surface area contributed by atoms with Crippen LogP contribution in [0.5, 0.6) is 0 Å². The molecule has 3 N–H and O–H groups in total. The normalized spacial score (nSPS) is 12.4. The SMILES string of the molecule is O=C(Cc1c[nH]c2ncccc12)NC[C@H](O)c1ccsc1. The highest BCUT2D eigenvalue weighted by molar-refractivity contribution is 7.07. The van der Waals surface area contributed by atoms with Gasteiger partial charge in [-0.2, -0.15) is 11.3 Å². The molecule has 3 heterocycles. The number of rotatable bonds is 5. The predicted octanol–water partition coefficient (Wildman–Crippen LogP) is 2.02. The Hall–Kier alpha value is -2.18. The molecule has 3 aromatic heterocycles. The summed E-state index contributed by atoms with van der Waals surface area (Å²) < 4.78 is 0. The fourth-order valence-electron chi connectivity index (χ4n) is 2.19. The number of amides is 1. The summed E-state index contributed by atoms with van der Waals surface area (Å²) in [6.45, 7) is 0.218. The minimum absolute atomic E-state index is 0.117. The highest BCUT2D eigenvalue weighted by Crippen LogP contribution is 2.17. The molecule has 0 aromatic carbocycles. The molecule has 0 aliphatic rings. The van der Waals surface area contributed by atoms with E-state index in [9.17, 15) is 9.90 Å². The number of nitrogens with one attached hydrogen (secondary N) is 2. The molecule has 1 amide bonds. The fraction of sp³-hybridized carbons (Fsp3) is 0.200. The second-order valence-electron chi connectivity index (χ2n) is 4.77. The van der Waals surface area contributed by atoms with Crippen molar-refractivity contribution in [3.05, 3.63) is 52.5 Å². The largest absolute Gasteiger partial charge is 0.387 e. The number of aliphatic hydroxyl groups excluding tert-OH is 1. The standard InChI is InChI=1S/C15H15N3O2S/c19-13(10-3-5-21-9-10)8-17-14(20)6-11-7-18-15-12(11)2-1-4-16-15/h1-5,7,9,13,19H,6,8H2,(H,16,18)(H,17,20)/t13-/m0/s1. The molecular weight excluding hydrogens is 286 g/mol. The third-order valence-electron chi connectivity index (χ3n) is 3.31. The minimum Gasteiger partial charge on any atom is -0.387 e. The molecule has 21 heavy (non-hydrogen) atoms. The lowest BCUT2D eigenvalue weighted by atomic mass is 10.1. The Morgan fingerprint density at radius 1 is 1.48 bits per heavy atom. The van der Waals surface area contributed by atoms with Gasteiger partial charge in [0.25, 0.3) is 0 Å². The van der Waals surface area contributed by atoms with Crippen LogP contribution in [-0.4, -0.2) is 27.5 Å². The number of nitrogens with zero attached hydrogens (tertiary/aromatic N) is 1. The maximum absolute atomic E-state index is 12.0. The number of aromatic nitrogens is 2. The lowest BCUT2D eigenvalue weighted by Gasteiger charge is -2.10. The topological polar surface area (TPSA) is 78.0 Å². The number of thiophene rings is 1. The summed E-state index contributed by atoms with van der Waals surface area (Å²) in [5.41, 5.74) is 2.51. The summed E-state index contributed by atoms with van der Waals surface area (Å²) in [6, 6.07) is 5.63. The van der Waals surface area contributed by atoms with Gasteiger partial charge in [0.15, 0.2) is 0 Å². The maximum atomic E-state index is 12.0. The molecule has 1 atom stereocenters. The van der Waals surface area contributed by atoms with Crippen molar-refractivity contribution in [3.8, 4) is 0 Å². The molecule has 6 heteroatoms. The molecule has 108 valence electrons. The van der Waals surface area contributed by atoms with E-state index in [0.29, 0.717) is 0 Å². The van der Waals surface area contributed by atoms with E-state index in [1.54, 1.807) is 12.4 Å². The fourth-order valence-corrected chi connectivity index (χ4v) is 2.89. The van der Waals surface area contributed by atoms with E-state index in [-0.39, 0.29) is 18.9 Å². The van der Waals surface area contributed by atoms with Crippen molar-refractivity contribution < 1.29 is 9.90 Å². The van der Waals surface area contributed by atoms with Crippen LogP contribution in [0, 0.1) is 0 Å². The van der Waals surface area contributed by atoms with Crippen molar-refractivity contribution in [2.75, 3.05) is 6.54 Å². The van der Waals surface area contributed by atoms with E-state index in [4.69, 9.17) is 0 Å². The van der Waals surface area contributed by atoms with Gasteiger partial charge in [-0.1, -0.05) is 0 Å². The van der Waals surface area contributed by atoms with Crippen LogP contribution in [0.3, 0.4) is 0 Å². The number of aromatic amines is 1. The van der Waals surface area contributed by atoms with Crippen molar-refractivity contribution in [3.63, 3.8) is 0 Å². The van der Waals surface area contributed by atoms with Gasteiger partial charge in [-0.25, -0.2) is 4.98 Å². The number of hydrogen-bond acceptors (Lipinski definition) is 4. The number of aliphatic hydroxyl groups is 1. The van der Waals surface area contributed by atoms with Gasteiger partial charge >= 0.3 is 0 Å². The molecule has 3 aromatic rings. The van der Waals surface area contributed by atoms with E-state index in [1.807, 2.05) is 29.0 Å². The van der Waals surface area contributed by atoms with Crippen LogP contribution in [0.15, 0.2) is 41.4 Å². The Kier molecular flexibility index (Phi) is 3.98. The molecule has 0 fully saturated rings. The Morgan fingerprint density at radius 3 is 3.19 bits per heavy atom. The molecule has 0 saturated heterocycles. The lowest BCUT2D eigenvalue weighted by molar-refractivity contribution is -0.120. The Labute approximate surface area is 125 Å². The van der Waals surface area contributed by atoms with Crippen molar-refractivity contribution >= 4 is 28.3 Å². The van der Waals surface area contributed by atoms with Gasteiger partial charge in [-0.05, 0) is 40.1 Å². The molecule has 0 unspecified atom stereocenters. The number of pyridine rings is 1. The Bertz CT molecular complexity index is 736. The first-order chi connectivity index (χ1) is 10.2. The maximum Gasteiger partial charge on any atom is 0.224 e.